The normalized spacial score (nSPS) is 12.9. The third kappa shape index (κ3) is 3.23. The fourth-order valence-electron chi connectivity index (χ4n) is 1.47. The average molecular weight is 312 g/mol. The molecule has 0 saturated heterocycles. The second-order valence-corrected chi connectivity index (χ2v) is 8.26. The van der Waals surface area contributed by atoms with Crippen LogP contribution >= 0.6 is 10.7 Å². The van der Waals surface area contributed by atoms with Gasteiger partial charge >= 0.3 is 0 Å². The summed E-state index contributed by atoms with van der Waals surface area (Å²) in [5, 5.41) is 0. The highest BCUT2D eigenvalue weighted by molar-refractivity contribution is 8.14. The van der Waals surface area contributed by atoms with E-state index in [9.17, 15) is 16.8 Å². The molecule has 0 aliphatic carbocycles. The first-order chi connectivity index (χ1) is 8.21. The summed E-state index contributed by atoms with van der Waals surface area (Å²) in [7, 11) is -1.30. The predicted molar refractivity (Wildman–Crippen MR) is 69.6 cm³/mol. The van der Waals surface area contributed by atoms with Crippen molar-refractivity contribution in [3.8, 4) is 0 Å². The van der Waals surface area contributed by atoms with Gasteiger partial charge in [-0.15, -0.1) is 0 Å². The summed E-state index contributed by atoms with van der Waals surface area (Å²) in [5.74, 6) is 0. The molecule has 0 fully saturated rings. The zero-order chi connectivity index (χ0) is 14.0. The van der Waals surface area contributed by atoms with Crippen molar-refractivity contribution in [2.75, 3.05) is 13.6 Å². The van der Waals surface area contributed by atoms with Crippen molar-refractivity contribution >= 4 is 29.8 Å². The van der Waals surface area contributed by atoms with Crippen LogP contribution in [-0.4, -0.2) is 34.7 Å². The molecular weight excluding hydrogens is 298 g/mol. The van der Waals surface area contributed by atoms with Gasteiger partial charge in [-0.05, 0) is 18.6 Å². The molecule has 0 bridgehead atoms. The van der Waals surface area contributed by atoms with E-state index in [0.717, 1.165) is 4.31 Å². The van der Waals surface area contributed by atoms with Crippen molar-refractivity contribution in [1.29, 1.82) is 0 Å². The molecule has 1 aromatic carbocycles. The summed E-state index contributed by atoms with van der Waals surface area (Å²) >= 11 is 0. The minimum absolute atomic E-state index is 0.295. The number of nitrogens with zero attached hydrogens (tertiary/aromatic N) is 1. The summed E-state index contributed by atoms with van der Waals surface area (Å²) in [6.07, 6.45) is 0.630. The molecule has 5 nitrogen and oxygen atoms in total. The van der Waals surface area contributed by atoms with Crippen molar-refractivity contribution < 1.29 is 16.8 Å². The second-order valence-electron chi connectivity index (χ2n) is 3.71. The largest absolute Gasteiger partial charge is 0.262 e. The molecular formula is C10H14ClNO4S2. The van der Waals surface area contributed by atoms with Gasteiger partial charge in [0, 0.05) is 24.3 Å². The Balaban J connectivity index is 3.43. The molecule has 0 radical (unpaired) electrons. The molecule has 0 aromatic heterocycles. The number of halogens is 1. The lowest BCUT2D eigenvalue weighted by atomic mass is 10.4. The predicted octanol–water partition coefficient (Wildman–Crippen LogP) is 1.64. The summed E-state index contributed by atoms with van der Waals surface area (Å²) in [6.45, 7) is 2.13. The van der Waals surface area contributed by atoms with Crippen LogP contribution in [0.2, 0.25) is 0 Å². The maximum atomic E-state index is 12.2. The summed E-state index contributed by atoms with van der Waals surface area (Å²) in [6, 6.07) is 5.29. The van der Waals surface area contributed by atoms with E-state index < -0.39 is 24.0 Å². The lowest BCUT2D eigenvalue weighted by Crippen LogP contribution is -2.28. The fraction of sp³-hybridized carbons (Fsp3) is 0.400. The Morgan fingerprint density at radius 2 is 1.61 bits per heavy atom. The van der Waals surface area contributed by atoms with Gasteiger partial charge in [-0.1, -0.05) is 19.1 Å². The van der Waals surface area contributed by atoms with Gasteiger partial charge in [0.25, 0.3) is 9.05 Å². The Kier molecular flexibility index (Phi) is 4.77. The minimum atomic E-state index is -4.10. The van der Waals surface area contributed by atoms with E-state index in [-0.39, 0.29) is 4.90 Å². The molecule has 0 unspecified atom stereocenters. The Labute approximate surface area is 112 Å². The summed E-state index contributed by atoms with van der Waals surface area (Å²) < 4.78 is 48.2. The Morgan fingerprint density at radius 3 is 2.06 bits per heavy atom. The van der Waals surface area contributed by atoms with E-state index in [1.165, 1.54) is 31.3 Å². The van der Waals surface area contributed by atoms with Crippen molar-refractivity contribution in [1.82, 2.24) is 4.31 Å². The lowest BCUT2D eigenvalue weighted by molar-refractivity contribution is 0.466. The summed E-state index contributed by atoms with van der Waals surface area (Å²) in [4.78, 5) is -0.689. The van der Waals surface area contributed by atoms with Crippen LogP contribution in [0.4, 0.5) is 0 Å². The van der Waals surface area contributed by atoms with Crippen molar-refractivity contribution in [2.24, 2.45) is 0 Å². The molecule has 0 heterocycles. The van der Waals surface area contributed by atoms with E-state index in [1.807, 2.05) is 6.92 Å². The highest BCUT2D eigenvalue weighted by Gasteiger charge is 2.27. The Bertz CT molecular complexity index is 625. The van der Waals surface area contributed by atoms with Crippen LogP contribution in [0.1, 0.15) is 13.3 Å². The van der Waals surface area contributed by atoms with Gasteiger partial charge in [0.1, 0.15) is 9.79 Å². The zero-order valence-electron chi connectivity index (χ0n) is 10.00. The van der Waals surface area contributed by atoms with E-state index in [1.54, 1.807) is 0 Å². The number of benzene rings is 1. The SMILES string of the molecule is CCCN(C)S(=O)(=O)c1ccccc1S(=O)(=O)Cl. The molecule has 0 atom stereocenters. The number of rotatable bonds is 5. The van der Waals surface area contributed by atoms with Crippen molar-refractivity contribution in [2.45, 2.75) is 23.1 Å². The highest BCUT2D eigenvalue weighted by atomic mass is 35.7. The third-order valence-electron chi connectivity index (χ3n) is 2.34. The van der Waals surface area contributed by atoms with Crippen LogP contribution in [0.15, 0.2) is 34.1 Å². The number of hydrogen-bond donors (Lipinski definition) is 0. The molecule has 102 valence electrons. The lowest BCUT2D eigenvalue weighted by Gasteiger charge is -2.17. The Morgan fingerprint density at radius 1 is 1.11 bits per heavy atom. The van der Waals surface area contributed by atoms with Gasteiger partial charge in [0.05, 0.1) is 0 Å². The monoisotopic (exact) mass is 311 g/mol. The number of hydrogen-bond acceptors (Lipinski definition) is 4. The maximum absolute atomic E-state index is 12.2. The maximum Gasteiger partial charge on any atom is 0.262 e. The molecule has 0 aliphatic rings. The zero-order valence-corrected chi connectivity index (χ0v) is 12.4. The first-order valence-electron chi connectivity index (χ1n) is 5.21. The second kappa shape index (κ2) is 5.56. The van der Waals surface area contributed by atoms with Gasteiger partial charge in [0.15, 0.2) is 0 Å². The van der Waals surface area contributed by atoms with E-state index in [2.05, 4.69) is 0 Å². The standard InChI is InChI=1S/C10H14ClNO4S2/c1-3-8-12(2)18(15,16)10-7-5-4-6-9(10)17(11,13)14/h4-7H,3,8H2,1-2H3. The van der Waals surface area contributed by atoms with Gasteiger partial charge < -0.3 is 0 Å². The average Bonchev–Trinajstić information content (AvgIpc) is 2.28. The third-order valence-corrected chi connectivity index (χ3v) is 5.76. The number of sulfonamides is 1. The quantitative estimate of drug-likeness (QED) is 0.775. The molecule has 8 heteroatoms. The highest BCUT2D eigenvalue weighted by Crippen LogP contribution is 2.26. The molecule has 18 heavy (non-hydrogen) atoms. The van der Waals surface area contributed by atoms with Crippen LogP contribution in [0.5, 0.6) is 0 Å². The summed E-state index contributed by atoms with van der Waals surface area (Å²) in [5.41, 5.74) is 0. The van der Waals surface area contributed by atoms with Gasteiger partial charge in [-0.25, -0.2) is 21.1 Å². The molecule has 0 amide bonds. The van der Waals surface area contributed by atoms with E-state index >= 15 is 0 Å². The van der Waals surface area contributed by atoms with Gasteiger partial charge in [0.2, 0.25) is 10.0 Å². The molecule has 1 aromatic rings. The van der Waals surface area contributed by atoms with Crippen molar-refractivity contribution in [3.63, 3.8) is 0 Å². The van der Waals surface area contributed by atoms with Crippen LogP contribution in [-0.2, 0) is 19.1 Å². The molecule has 0 saturated carbocycles. The van der Waals surface area contributed by atoms with Crippen LogP contribution < -0.4 is 0 Å². The molecule has 1 rings (SSSR count). The van der Waals surface area contributed by atoms with E-state index in [4.69, 9.17) is 10.7 Å². The smallest absolute Gasteiger partial charge is 0.207 e. The van der Waals surface area contributed by atoms with E-state index in [0.29, 0.717) is 13.0 Å². The fourth-order valence-corrected chi connectivity index (χ4v) is 4.53. The van der Waals surface area contributed by atoms with Crippen molar-refractivity contribution in [3.05, 3.63) is 24.3 Å². The Hall–Kier alpha value is -0.630. The van der Waals surface area contributed by atoms with Gasteiger partial charge in [-0.2, -0.15) is 0 Å². The minimum Gasteiger partial charge on any atom is -0.207 e. The molecule has 0 spiro atoms. The first kappa shape index (κ1) is 15.4. The molecule has 0 N–H and O–H groups in total. The van der Waals surface area contributed by atoms with Crippen LogP contribution in [0.25, 0.3) is 0 Å². The topological polar surface area (TPSA) is 71.5 Å². The van der Waals surface area contributed by atoms with Gasteiger partial charge in [-0.3, -0.25) is 0 Å². The van der Waals surface area contributed by atoms with Crippen LogP contribution in [0.3, 0.4) is 0 Å². The first-order valence-corrected chi connectivity index (χ1v) is 8.96. The van der Waals surface area contributed by atoms with Crippen LogP contribution in [0, 0.1) is 0 Å². The molecule has 0 aliphatic heterocycles.